The van der Waals surface area contributed by atoms with Crippen LogP contribution in [0.2, 0.25) is 5.02 Å². The van der Waals surface area contributed by atoms with E-state index in [0.29, 0.717) is 16.1 Å². The first-order valence-electron chi connectivity index (χ1n) is 3.95. The molecular weight excluding hydrogens is 218 g/mol. The van der Waals surface area contributed by atoms with Crippen LogP contribution in [0.1, 0.15) is 15.9 Å². The van der Waals surface area contributed by atoms with E-state index in [2.05, 4.69) is 4.98 Å². The second-order valence-electron chi connectivity index (χ2n) is 2.73. The van der Waals surface area contributed by atoms with Crippen molar-refractivity contribution in [3.63, 3.8) is 0 Å². The third-order valence-electron chi connectivity index (χ3n) is 1.75. The summed E-state index contributed by atoms with van der Waals surface area (Å²) in [7, 11) is 0. The molecule has 0 radical (unpaired) electrons. The molecule has 0 aliphatic heterocycles. The van der Waals surface area contributed by atoms with Crippen LogP contribution in [0.4, 0.5) is 0 Å². The Hall–Kier alpha value is -1.19. The van der Waals surface area contributed by atoms with Crippen molar-refractivity contribution >= 4 is 28.7 Å². The van der Waals surface area contributed by atoms with Crippen LogP contribution in [0.15, 0.2) is 35.3 Å². The molecule has 0 bridgehead atoms. The maximum Gasteiger partial charge on any atom is 0.195 e. The monoisotopic (exact) mass is 223 g/mol. The van der Waals surface area contributed by atoms with Crippen LogP contribution >= 0.6 is 22.9 Å². The Morgan fingerprint density at radius 2 is 2.21 bits per heavy atom. The minimum absolute atomic E-state index is 0.0405. The van der Waals surface area contributed by atoms with Gasteiger partial charge < -0.3 is 0 Å². The highest BCUT2D eigenvalue weighted by atomic mass is 35.5. The van der Waals surface area contributed by atoms with Crippen LogP contribution in [0.25, 0.3) is 0 Å². The smallest absolute Gasteiger partial charge is 0.195 e. The molecule has 0 saturated carbocycles. The zero-order valence-electron chi connectivity index (χ0n) is 7.11. The zero-order chi connectivity index (χ0) is 9.97. The van der Waals surface area contributed by atoms with Gasteiger partial charge in [0.05, 0.1) is 5.02 Å². The van der Waals surface area contributed by atoms with E-state index in [0.717, 1.165) is 0 Å². The van der Waals surface area contributed by atoms with Gasteiger partial charge in [0.15, 0.2) is 5.78 Å². The number of hydrogen-bond donors (Lipinski definition) is 0. The molecule has 0 aromatic carbocycles. The molecule has 0 spiro atoms. The zero-order valence-corrected chi connectivity index (χ0v) is 8.68. The third kappa shape index (κ3) is 1.84. The fourth-order valence-electron chi connectivity index (χ4n) is 1.10. The van der Waals surface area contributed by atoms with Gasteiger partial charge in [-0.3, -0.25) is 9.78 Å². The van der Waals surface area contributed by atoms with Crippen LogP contribution in [-0.2, 0) is 0 Å². The van der Waals surface area contributed by atoms with Crippen molar-refractivity contribution in [3.8, 4) is 0 Å². The quantitative estimate of drug-likeness (QED) is 0.733. The summed E-state index contributed by atoms with van der Waals surface area (Å²) in [5.74, 6) is -0.0405. The van der Waals surface area contributed by atoms with Gasteiger partial charge in [-0.15, -0.1) is 0 Å². The van der Waals surface area contributed by atoms with Crippen molar-refractivity contribution in [1.29, 1.82) is 0 Å². The van der Waals surface area contributed by atoms with Crippen LogP contribution < -0.4 is 0 Å². The molecule has 2 heterocycles. The van der Waals surface area contributed by atoms with E-state index in [1.807, 2.05) is 10.8 Å². The van der Waals surface area contributed by atoms with E-state index in [4.69, 9.17) is 11.6 Å². The van der Waals surface area contributed by atoms with E-state index in [1.54, 1.807) is 12.1 Å². The molecule has 0 N–H and O–H groups in total. The minimum atomic E-state index is -0.0405. The summed E-state index contributed by atoms with van der Waals surface area (Å²) in [6, 6.07) is 3.41. The number of hydrogen-bond acceptors (Lipinski definition) is 3. The van der Waals surface area contributed by atoms with Crippen molar-refractivity contribution in [2.24, 2.45) is 0 Å². The Morgan fingerprint density at radius 1 is 1.36 bits per heavy atom. The van der Waals surface area contributed by atoms with Crippen molar-refractivity contribution < 1.29 is 4.79 Å². The normalized spacial score (nSPS) is 10.1. The maximum absolute atomic E-state index is 11.8. The number of carbonyl (C=O) groups excluding carboxylic acids is 1. The average molecular weight is 224 g/mol. The van der Waals surface area contributed by atoms with E-state index in [-0.39, 0.29) is 5.78 Å². The van der Waals surface area contributed by atoms with Gasteiger partial charge in [0, 0.05) is 28.9 Å². The van der Waals surface area contributed by atoms with Gasteiger partial charge in [0.25, 0.3) is 0 Å². The second-order valence-corrected chi connectivity index (χ2v) is 3.95. The van der Waals surface area contributed by atoms with Crippen LogP contribution in [0, 0.1) is 0 Å². The van der Waals surface area contributed by atoms with Gasteiger partial charge in [-0.05, 0) is 17.5 Å². The molecule has 0 aliphatic carbocycles. The van der Waals surface area contributed by atoms with Crippen LogP contribution in [0.3, 0.4) is 0 Å². The minimum Gasteiger partial charge on any atom is -0.289 e. The lowest BCUT2D eigenvalue weighted by Crippen LogP contribution is -1.99. The molecule has 0 amide bonds. The fraction of sp³-hybridized carbons (Fsp3) is 0. The van der Waals surface area contributed by atoms with Gasteiger partial charge in [-0.2, -0.15) is 11.3 Å². The predicted octanol–water partition coefficient (Wildman–Crippen LogP) is 3.03. The molecule has 2 rings (SSSR count). The number of ketones is 1. The summed E-state index contributed by atoms with van der Waals surface area (Å²) in [5, 5.41) is 4.15. The molecule has 0 atom stereocenters. The first-order valence-corrected chi connectivity index (χ1v) is 5.27. The summed E-state index contributed by atoms with van der Waals surface area (Å²) in [6.07, 6.45) is 3.03. The molecule has 14 heavy (non-hydrogen) atoms. The molecule has 2 nitrogen and oxygen atoms in total. The van der Waals surface area contributed by atoms with Gasteiger partial charge >= 0.3 is 0 Å². The Balaban J connectivity index is 2.37. The molecule has 0 unspecified atom stereocenters. The number of halogens is 1. The lowest BCUT2D eigenvalue weighted by atomic mass is 10.1. The molecule has 2 aromatic rings. The first kappa shape index (κ1) is 9.37. The van der Waals surface area contributed by atoms with Gasteiger partial charge in [0.2, 0.25) is 0 Å². The van der Waals surface area contributed by atoms with Crippen LogP contribution in [0.5, 0.6) is 0 Å². The first-order chi connectivity index (χ1) is 6.77. The van der Waals surface area contributed by atoms with Crippen molar-refractivity contribution in [2.75, 3.05) is 0 Å². The Morgan fingerprint density at radius 3 is 2.86 bits per heavy atom. The second kappa shape index (κ2) is 3.90. The molecule has 4 heteroatoms. The average Bonchev–Trinajstić information content (AvgIpc) is 2.69. The highest BCUT2D eigenvalue weighted by Gasteiger charge is 2.09. The summed E-state index contributed by atoms with van der Waals surface area (Å²) in [5.41, 5.74) is 1.20. The van der Waals surface area contributed by atoms with Crippen LogP contribution in [-0.4, -0.2) is 10.8 Å². The number of aromatic nitrogens is 1. The summed E-state index contributed by atoms with van der Waals surface area (Å²) < 4.78 is 0. The lowest BCUT2D eigenvalue weighted by Gasteiger charge is -1.97. The Bertz CT molecular complexity index is 453. The largest absolute Gasteiger partial charge is 0.289 e. The highest BCUT2D eigenvalue weighted by Crippen LogP contribution is 2.15. The highest BCUT2D eigenvalue weighted by molar-refractivity contribution is 7.08. The number of pyridine rings is 1. The van der Waals surface area contributed by atoms with Gasteiger partial charge in [0.1, 0.15) is 0 Å². The van der Waals surface area contributed by atoms with E-state index in [1.165, 1.54) is 23.7 Å². The topological polar surface area (TPSA) is 30.0 Å². The number of thiophene rings is 1. The molecule has 2 aromatic heterocycles. The van der Waals surface area contributed by atoms with E-state index >= 15 is 0 Å². The number of rotatable bonds is 2. The summed E-state index contributed by atoms with van der Waals surface area (Å²) in [6.45, 7) is 0. The number of carbonyl (C=O) groups is 1. The van der Waals surface area contributed by atoms with Crippen molar-refractivity contribution in [3.05, 3.63) is 51.4 Å². The summed E-state index contributed by atoms with van der Waals surface area (Å²) in [4.78, 5) is 15.6. The lowest BCUT2D eigenvalue weighted by molar-refractivity contribution is 0.103. The van der Waals surface area contributed by atoms with E-state index in [9.17, 15) is 4.79 Å². The predicted molar refractivity (Wildman–Crippen MR) is 57.0 cm³/mol. The Labute approximate surface area is 90.2 Å². The third-order valence-corrected chi connectivity index (χ3v) is 2.64. The standard InChI is InChI=1S/C10H6ClNOS/c11-9-3-8(4-12-5-9)10(13)7-1-2-14-6-7/h1-6H. The Kier molecular flexibility index (Phi) is 2.61. The van der Waals surface area contributed by atoms with Gasteiger partial charge in [-0.1, -0.05) is 11.6 Å². The molecular formula is C10H6ClNOS. The molecule has 70 valence electrons. The molecule has 0 fully saturated rings. The molecule has 0 saturated heterocycles. The fourth-order valence-corrected chi connectivity index (χ4v) is 1.91. The maximum atomic E-state index is 11.8. The molecule has 0 aliphatic rings. The number of nitrogens with zero attached hydrogens (tertiary/aromatic N) is 1. The van der Waals surface area contributed by atoms with Gasteiger partial charge in [-0.25, -0.2) is 0 Å². The summed E-state index contributed by atoms with van der Waals surface area (Å²) >= 11 is 7.23. The van der Waals surface area contributed by atoms with Crippen molar-refractivity contribution in [1.82, 2.24) is 4.98 Å². The van der Waals surface area contributed by atoms with E-state index < -0.39 is 0 Å². The SMILES string of the molecule is O=C(c1ccsc1)c1cncc(Cl)c1. The van der Waals surface area contributed by atoms with Crippen molar-refractivity contribution in [2.45, 2.75) is 0 Å².